The van der Waals surface area contributed by atoms with Crippen LogP contribution >= 0.6 is 0 Å². The summed E-state index contributed by atoms with van der Waals surface area (Å²) in [5.41, 5.74) is 1.40. The Balaban J connectivity index is 1.46. The van der Waals surface area contributed by atoms with Crippen LogP contribution in [0.1, 0.15) is 16.8 Å². The van der Waals surface area contributed by atoms with Crippen LogP contribution in [0.2, 0.25) is 0 Å². The average Bonchev–Trinajstić information content (AvgIpc) is 3.05. The minimum Gasteiger partial charge on any atom is -0.457 e. The van der Waals surface area contributed by atoms with E-state index in [0.29, 0.717) is 18.1 Å². The van der Waals surface area contributed by atoms with Gasteiger partial charge in [-0.15, -0.1) is 0 Å². The molecular formula is C17H16N4O3. The second-order valence-electron chi connectivity index (χ2n) is 5.08. The van der Waals surface area contributed by atoms with E-state index in [9.17, 15) is 9.59 Å². The number of anilines is 1. The zero-order valence-electron chi connectivity index (χ0n) is 12.9. The Morgan fingerprint density at radius 2 is 1.92 bits per heavy atom. The number of hydrogen-bond donors (Lipinski definition) is 2. The van der Waals surface area contributed by atoms with Crippen molar-refractivity contribution in [2.75, 3.05) is 18.5 Å². The maximum absolute atomic E-state index is 12.2. The average molecular weight is 324 g/mol. The van der Waals surface area contributed by atoms with Crippen LogP contribution in [0.15, 0.2) is 48.9 Å². The third-order valence-corrected chi connectivity index (χ3v) is 3.43. The number of ketones is 1. The highest BCUT2D eigenvalue weighted by atomic mass is 16.5. The van der Waals surface area contributed by atoms with Crippen molar-refractivity contribution in [2.45, 2.75) is 6.42 Å². The molecule has 3 rings (SSSR count). The predicted molar refractivity (Wildman–Crippen MR) is 88.7 cm³/mol. The van der Waals surface area contributed by atoms with Crippen molar-refractivity contribution in [3.8, 4) is 0 Å². The van der Waals surface area contributed by atoms with Crippen molar-refractivity contribution < 1.29 is 14.3 Å². The number of Topliss-reactive ketones (excluding diaryl/α,β-unsaturated/α-hetero) is 1. The summed E-state index contributed by atoms with van der Waals surface area (Å²) in [7, 11) is 0. The second-order valence-corrected chi connectivity index (χ2v) is 5.08. The molecule has 1 aromatic carbocycles. The summed E-state index contributed by atoms with van der Waals surface area (Å²) in [6.45, 7) is 0.0621. The molecule has 0 amide bonds. The van der Waals surface area contributed by atoms with Crippen LogP contribution in [0.5, 0.6) is 0 Å². The summed E-state index contributed by atoms with van der Waals surface area (Å²) in [6.07, 6.45) is 4.97. The lowest BCUT2D eigenvalue weighted by Crippen LogP contribution is -2.17. The number of aromatic amines is 1. The Morgan fingerprint density at radius 1 is 1.12 bits per heavy atom. The fourth-order valence-electron chi connectivity index (χ4n) is 2.26. The van der Waals surface area contributed by atoms with E-state index in [-0.39, 0.29) is 18.8 Å². The molecule has 122 valence electrons. The number of rotatable bonds is 7. The van der Waals surface area contributed by atoms with Gasteiger partial charge in [0.2, 0.25) is 11.7 Å². The number of carbonyl (C=O) groups is 2. The molecule has 0 aliphatic heterocycles. The maximum Gasteiger partial charge on any atom is 0.308 e. The number of esters is 1. The van der Waals surface area contributed by atoms with Crippen molar-refractivity contribution in [2.24, 2.45) is 0 Å². The zero-order valence-corrected chi connectivity index (χ0v) is 12.9. The molecule has 0 unspecified atom stereocenters. The number of nitrogens with zero attached hydrogens (tertiary/aromatic N) is 2. The molecule has 0 spiro atoms. The second kappa shape index (κ2) is 7.36. The van der Waals surface area contributed by atoms with Gasteiger partial charge in [0, 0.05) is 41.6 Å². The Hall–Kier alpha value is -3.22. The lowest BCUT2D eigenvalue weighted by molar-refractivity contribution is -0.142. The van der Waals surface area contributed by atoms with E-state index in [1.807, 2.05) is 24.3 Å². The topological polar surface area (TPSA) is 97.0 Å². The number of H-pyrrole nitrogens is 1. The van der Waals surface area contributed by atoms with Gasteiger partial charge in [-0.3, -0.25) is 9.59 Å². The molecule has 0 aliphatic carbocycles. The molecule has 0 atom stereocenters. The van der Waals surface area contributed by atoms with Crippen molar-refractivity contribution >= 4 is 28.6 Å². The van der Waals surface area contributed by atoms with Gasteiger partial charge in [-0.1, -0.05) is 18.2 Å². The summed E-state index contributed by atoms with van der Waals surface area (Å²) in [5, 5.41) is 3.72. The van der Waals surface area contributed by atoms with Gasteiger partial charge < -0.3 is 15.0 Å². The van der Waals surface area contributed by atoms with Crippen molar-refractivity contribution in [3.63, 3.8) is 0 Å². The van der Waals surface area contributed by atoms with Crippen LogP contribution in [-0.4, -0.2) is 39.9 Å². The Morgan fingerprint density at radius 3 is 2.75 bits per heavy atom. The molecular weight excluding hydrogens is 308 g/mol. The van der Waals surface area contributed by atoms with Gasteiger partial charge in [0.05, 0.1) is 6.42 Å². The number of benzene rings is 1. The largest absolute Gasteiger partial charge is 0.457 e. The first-order valence-electron chi connectivity index (χ1n) is 7.50. The lowest BCUT2D eigenvalue weighted by atomic mass is 10.1. The Bertz CT molecular complexity index is 845. The number of aromatic nitrogens is 3. The Kier molecular flexibility index (Phi) is 4.81. The fraction of sp³-hybridized carbons (Fsp3) is 0.176. The van der Waals surface area contributed by atoms with Crippen molar-refractivity contribution in [3.05, 3.63) is 54.5 Å². The molecule has 24 heavy (non-hydrogen) atoms. The van der Waals surface area contributed by atoms with E-state index in [1.165, 1.54) is 0 Å². The fourth-order valence-corrected chi connectivity index (χ4v) is 2.26. The molecule has 0 saturated carbocycles. The number of fused-ring (bicyclic) bond motifs is 1. The third-order valence-electron chi connectivity index (χ3n) is 3.43. The van der Waals surface area contributed by atoms with Gasteiger partial charge in [-0.2, -0.15) is 0 Å². The van der Waals surface area contributed by atoms with Crippen molar-refractivity contribution in [1.29, 1.82) is 0 Å². The zero-order chi connectivity index (χ0) is 16.8. The van der Waals surface area contributed by atoms with Crippen LogP contribution < -0.4 is 5.32 Å². The molecule has 0 saturated heterocycles. The molecule has 2 heterocycles. The summed E-state index contributed by atoms with van der Waals surface area (Å²) < 4.78 is 5.03. The predicted octanol–water partition coefficient (Wildman–Crippen LogP) is 2.19. The van der Waals surface area contributed by atoms with Gasteiger partial charge >= 0.3 is 5.97 Å². The molecule has 0 fully saturated rings. The monoisotopic (exact) mass is 324 g/mol. The highest BCUT2D eigenvalue weighted by molar-refractivity contribution is 6.08. The number of ether oxygens (including phenoxy) is 1. The van der Waals surface area contributed by atoms with Crippen LogP contribution in [0.4, 0.5) is 5.95 Å². The van der Waals surface area contributed by atoms with Gasteiger partial charge in [0.1, 0.15) is 0 Å². The molecule has 7 nitrogen and oxygen atoms in total. The van der Waals surface area contributed by atoms with Gasteiger partial charge in [-0.25, -0.2) is 9.97 Å². The van der Waals surface area contributed by atoms with Gasteiger partial charge in [-0.05, 0) is 12.1 Å². The minimum atomic E-state index is -0.452. The van der Waals surface area contributed by atoms with Gasteiger partial charge in [0.25, 0.3) is 0 Å². The van der Waals surface area contributed by atoms with Crippen LogP contribution in [0.25, 0.3) is 10.9 Å². The highest BCUT2D eigenvalue weighted by Crippen LogP contribution is 2.18. The minimum absolute atomic E-state index is 0.124. The van der Waals surface area contributed by atoms with E-state index in [4.69, 9.17) is 4.74 Å². The van der Waals surface area contributed by atoms with Crippen LogP contribution in [-0.2, 0) is 9.53 Å². The summed E-state index contributed by atoms with van der Waals surface area (Å²) in [6, 6.07) is 9.18. The third kappa shape index (κ3) is 3.75. The molecule has 2 aromatic heterocycles. The van der Waals surface area contributed by atoms with Crippen LogP contribution in [0, 0.1) is 0 Å². The Labute approximate surface area is 138 Å². The number of nitrogens with one attached hydrogen (secondary N) is 2. The van der Waals surface area contributed by atoms with Crippen molar-refractivity contribution in [1.82, 2.24) is 15.0 Å². The molecule has 0 bridgehead atoms. The first-order valence-corrected chi connectivity index (χ1v) is 7.50. The smallest absolute Gasteiger partial charge is 0.308 e. The number of hydrogen-bond acceptors (Lipinski definition) is 6. The maximum atomic E-state index is 12.2. The molecule has 3 aromatic rings. The van der Waals surface area contributed by atoms with E-state index >= 15 is 0 Å². The quantitative estimate of drug-likeness (QED) is 0.511. The SMILES string of the molecule is O=C(CCNc1ncccn1)OCC(=O)c1c[nH]c2ccccc12. The first kappa shape index (κ1) is 15.7. The molecule has 0 radical (unpaired) electrons. The number of carbonyl (C=O) groups excluding carboxylic acids is 2. The van der Waals surface area contributed by atoms with E-state index in [2.05, 4.69) is 20.3 Å². The van der Waals surface area contributed by atoms with E-state index in [1.54, 1.807) is 24.7 Å². The first-order chi connectivity index (χ1) is 11.7. The summed E-state index contributed by atoms with van der Waals surface area (Å²) >= 11 is 0. The number of para-hydroxylation sites is 1. The molecule has 0 aliphatic rings. The van der Waals surface area contributed by atoms with E-state index < -0.39 is 5.97 Å². The van der Waals surface area contributed by atoms with Gasteiger partial charge in [0.15, 0.2) is 6.61 Å². The summed E-state index contributed by atoms with van der Waals surface area (Å²) in [4.78, 5) is 34.9. The standard InChI is InChI=1S/C17H16N4O3/c22-15(13-10-21-14-5-2-1-4-12(13)14)11-24-16(23)6-9-20-17-18-7-3-8-19-17/h1-5,7-8,10,21H,6,9,11H2,(H,18,19,20). The molecule has 2 N–H and O–H groups in total. The summed E-state index contributed by atoms with van der Waals surface area (Å²) in [5.74, 6) is -0.244. The van der Waals surface area contributed by atoms with E-state index in [0.717, 1.165) is 10.9 Å². The lowest BCUT2D eigenvalue weighted by Gasteiger charge is -2.05. The van der Waals surface area contributed by atoms with Crippen LogP contribution in [0.3, 0.4) is 0 Å². The normalized spacial score (nSPS) is 10.5. The molecule has 7 heteroatoms. The highest BCUT2D eigenvalue weighted by Gasteiger charge is 2.14.